The lowest BCUT2D eigenvalue weighted by Gasteiger charge is -2.32. The van der Waals surface area contributed by atoms with Crippen LogP contribution in [0.3, 0.4) is 0 Å². The molecular weight excluding hydrogens is 460 g/mol. The van der Waals surface area contributed by atoms with E-state index in [0.717, 1.165) is 29.5 Å². The number of amides is 1. The Morgan fingerprint density at radius 1 is 1.23 bits per heavy atom. The van der Waals surface area contributed by atoms with Crippen molar-refractivity contribution in [3.05, 3.63) is 65.6 Å². The number of nitrogens with one attached hydrogen (secondary N) is 2. The summed E-state index contributed by atoms with van der Waals surface area (Å²) in [6, 6.07) is 14.6. The summed E-state index contributed by atoms with van der Waals surface area (Å²) in [5.74, 6) is 0.764. The van der Waals surface area contributed by atoms with Crippen LogP contribution in [0.1, 0.15) is 38.7 Å². The van der Waals surface area contributed by atoms with Crippen LogP contribution >= 0.6 is 11.8 Å². The van der Waals surface area contributed by atoms with Crippen LogP contribution in [0, 0.1) is 11.3 Å². The minimum Gasteiger partial charge on any atom is -0.397 e. The van der Waals surface area contributed by atoms with Gasteiger partial charge in [0.15, 0.2) is 5.09 Å². The van der Waals surface area contributed by atoms with Crippen LogP contribution in [0.5, 0.6) is 0 Å². The molecule has 0 spiro atoms. The van der Waals surface area contributed by atoms with Crippen molar-refractivity contribution in [2.45, 2.75) is 45.6 Å². The number of anilines is 1. The molecule has 188 valence electrons. The average Bonchev–Trinajstić information content (AvgIpc) is 3.58. The second-order valence-electron chi connectivity index (χ2n) is 8.55. The van der Waals surface area contributed by atoms with Crippen molar-refractivity contribution >= 4 is 23.4 Å². The van der Waals surface area contributed by atoms with Crippen molar-refractivity contribution in [2.75, 3.05) is 42.7 Å². The molecule has 2 saturated heterocycles. The van der Waals surface area contributed by atoms with Gasteiger partial charge >= 0.3 is 0 Å². The van der Waals surface area contributed by atoms with Gasteiger partial charge in [0.05, 0.1) is 18.3 Å². The summed E-state index contributed by atoms with van der Waals surface area (Å²) in [4.78, 5) is 19.2. The van der Waals surface area contributed by atoms with E-state index in [-0.39, 0.29) is 12.3 Å². The number of carbonyl (C=O) groups excluding carboxylic acids is 1. The van der Waals surface area contributed by atoms with Crippen molar-refractivity contribution in [2.24, 2.45) is 0 Å². The SMILES string of the molecule is CCN1O/C(=C\Nc2ccc(CCN3CCCC3)cc2)SCC1C.N#CCC(=O)Nn1cccc1. The Morgan fingerprint density at radius 2 is 1.94 bits per heavy atom. The number of carbonyl (C=O) groups is 1. The van der Waals surface area contributed by atoms with E-state index in [4.69, 9.17) is 10.1 Å². The molecule has 2 aliphatic heterocycles. The summed E-state index contributed by atoms with van der Waals surface area (Å²) in [5, 5.41) is 14.5. The summed E-state index contributed by atoms with van der Waals surface area (Å²) in [6.45, 7) is 8.97. The molecule has 9 heteroatoms. The van der Waals surface area contributed by atoms with Gasteiger partial charge in [0.2, 0.25) is 0 Å². The summed E-state index contributed by atoms with van der Waals surface area (Å²) in [6.07, 6.45) is 9.11. The lowest BCUT2D eigenvalue weighted by Crippen LogP contribution is -2.37. The maximum Gasteiger partial charge on any atom is 0.252 e. The third-order valence-corrected chi connectivity index (χ3v) is 6.93. The fourth-order valence-corrected chi connectivity index (χ4v) is 4.69. The molecule has 0 radical (unpaired) electrons. The van der Waals surface area contributed by atoms with Crippen LogP contribution in [0.25, 0.3) is 0 Å². The van der Waals surface area contributed by atoms with Crippen molar-refractivity contribution in [3.63, 3.8) is 0 Å². The second kappa shape index (κ2) is 14.5. The molecule has 35 heavy (non-hydrogen) atoms. The molecule has 2 aromatic rings. The van der Waals surface area contributed by atoms with Gasteiger partial charge in [-0.05, 0) is 76.0 Å². The maximum absolute atomic E-state index is 10.8. The smallest absolute Gasteiger partial charge is 0.252 e. The molecular formula is C26H36N6O2S. The molecule has 1 aromatic heterocycles. The minimum absolute atomic E-state index is 0.113. The van der Waals surface area contributed by atoms with Crippen LogP contribution in [0.4, 0.5) is 5.69 Å². The van der Waals surface area contributed by atoms with Gasteiger partial charge in [0, 0.05) is 36.9 Å². The quantitative estimate of drug-likeness (QED) is 0.560. The van der Waals surface area contributed by atoms with Gasteiger partial charge in [-0.2, -0.15) is 5.26 Å². The van der Waals surface area contributed by atoms with Crippen molar-refractivity contribution in [1.82, 2.24) is 14.6 Å². The molecule has 8 nitrogen and oxygen atoms in total. The van der Waals surface area contributed by atoms with E-state index in [1.54, 1.807) is 42.4 Å². The first-order valence-electron chi connectivity index (χ1n) is 12.2. The minimum atomic E-state index is -0.302. The maximum atomic E-state index is 10.8. The third kappa shape index (κ3) is 9.32. The molecule has 2 N–H and O–H groups in total. The van der Waals surface area contributed by atoms with Crippen molar-refractivity contribution < 1.29 is 9.63 Å². The van der Waals surface area contributed by atoms with Gasteiger partial charge in [-0.1, -0.05) is 23.9 Å². The van der Waals surface area contributed by atoms with Gasteiger partial charge in [-0.15, -0.1) is 5.06 Å². The van der Waals surface area contributed by atoms with E-state index >= 15 is 0 Å². The number of thioether (sulfide) groups is 1. The number of nitrogens with zero attached hydrogens (tertiary/aromatic N) is 4. The number of hydroxylamine groups is 2. The first-order valence-corrected chi connectivity index (χ1v) is 13.2. The van der Waals surface area contributed by atoms with E-state index in [1.807, 2.05) is 11.3 Å². The predicted octanol–water partition coefficient (Wildman–Crippen LogP) is 4.40. The number of aromatic nitrogens is 1. The molecule has 4 rings (SSSR count). The molecule has 0 saturated carbocycles. The summed E-state index contributed by atoms with van der Waals surface area (Å²) >= 11 is 1.76. The Kier molecular flexibility index (Phi) is 11.0. The van der Waals surface area contributed by atoms with Crippen LogP contribution in [0.2, 0.25) is 0 Å². The molecule has 1 aromatic carbocycles. The van der Waals surface area contributed by atoms with E-state index in [1.165, 1.54) is 42.7 Å². The molecule has 3 heterocycles. The second-order valence-corrected chi connectivity index (χ2v) is 9.57. The number of nitriles is 1. The fraction of sp³-hybridized carbons (Fsp3) is 0.462. The van der Waals surface area contributed by atoms with Crippen LogP contribution < -0.4 is 10.7 Å². The highest BCUT2D eigenvalue weighted by Crippen LogP contribution is 2.27. The zero-order valence-electron chi connectivity index (χ0n) is 20.7. The number of likely N-dealkylation sites (tertiary alicyclic amines) is 1. The molecule has 1 unspecified atom stereocenters. The summed E-state index contributed by atoms with van der Waals surface area (Å²) in [7, 11) is 0. The molecule has 1 atom stereocenters. The third-order valence-electron chi connectivity index (χ3n) is 5.80. The molecule has 2 aliphatic rings. The van der Waals surface area contributed by atoms with Gasteiger partial charge < -0.3 is 15.1 Å². The Hall–Kier alpha value is -2.93. The number of hydrogen-bond donors (Lipinski definition) is 2. The van der Waals surface area contributed by atoms with E-state index in [0.29, 0.717) is 6.04 Å². The zero-order chi connectivity index (χ0) is 24.9. The Bertz CT molecular complexity index is 965. The first-order chi connectivity index (χ1) is 17.1. The standard InChI is InChI=1S/C19H29N3OS.C7H7N3O/c1-3-22-16(2)15-24-19(23-22)14-20-18-8-6-17(7-9-18)10-13-21-11-4-5-12-21;8-4-3-7(11)9-10-5-1-2-6-10/h6-9,14,16,20H,3-5,10-13,15H2,1-2H3;1-2,5-6H,3H2,(H,9,11)/b19-14+;. The predicted molar refractivity (Wildman–Crippen MR) is 142 cm³/mol. The monoisotopic (exact) mass is 496 g/mol. The highest BCUT2D eigenvalue weighted by atomic mass is 32.2. The Morgan fingerprint density at radius 3 is 2.60 bits per heavy atom. The van der Waals surface area contributed by atoms with Gasteiger partial charge in [0.1, 0.15) is 6.42 Å². The van der Waals surface area contributed by atoms with E-state index in [9.17, 15) is 4.79 Å². The van der Waals surface area contributed by atoms with Gasteiger partial charge in [-0.3, -0.25) is 14.9 Å². The first kappa shape index (κ1) is 26.7. The van der Waals surface area contributed by atoms with Crippen LogP contribution in [-0.4, -0.2) is 58.5 Å². The number of hydrogen-bond acceptors (Lipinski definition) is 7. The summed E-state index contributed by atoms with van der Waals surface area (Å²) in [5.41, 5.74) is 5.00. The molecule has 2 fully saturated rings. The fourth-order valence-electron chi connectivity index (χ4n) is 3.83. The lowest BCUT2D eigenvalue weighted by molar-refractivity contribution is -0.132. The molecule has 0 aliphatic carbocycles. The molecule has 1 amide bonds. The van der Waals surface area contributed by atoms with Crippen LogP contribution in [-0.2, 0) is 16.1 Å². The van der Waals surface area contributed by atoms with Crippen LogP contribution in [0.15, 0.2) is 60.1 Å². The Balaban J connectivity index is 0.000000261. The van der Waals surface area contributed by atoms with E-state index in [2.05, 4.69) is 53.8 Å². The highest BCUT2D eigenvalue weighted by molar-refractivity contribution is 8.02. The highest BCUT2D eigenvalue weighted by Gasteiger charge is 2.22. The topological polar surface area (TPSA) is 85.6 Å². The van der Waals surface area contributed by atoms with E-state index < -0.39 is 0 Å². The number of benzene rings is 1. The average molecular weight is 497 g/mol. The lowest BCUT2D eigenvalue weighted by atomic mass is 10.1. The van der Waals surface area contributed by atoms with Crippen molar-refractivity contribution in [1.29, 1.82) is 5.26 Å². The van der Waals surface area contributed by atoms with Crippen molar-refractivity contribution in [3.8, 4) is 6.07 Å². The molecule has 0 bridgehead atoms. The number of rotatable bonds is 8. The van der Waals surface area contributed by atoms with Gasteiger partial charge in [0.25, 0.3) is 5.91 Å². The largest absolute Gasteiger partial charge is 0.397 e. The Labute approximate surface area is 212 Å². The normalized spacial score (nSPS) is 19.3. The van der Waals surface area contributed by atoms with Gasteiger partial charge in [-0.25, -0.2) is 0 Å². The zero-order valence-corrected chi connectivity index (χ0v) is 21.5. The summed E-state index contributed by atoms with van der Waals surface area (Å²) < 4.78 is 1.50.